The molecule has 0 bridgehead atoms. The van der Waals surface area contributed by atoms with Crippen LogP contribution in [0.25, 0.3) is 0 Å². The number of aliphatic hydroxyl groups is 1. The number of imide groups is 1. The molecule has 168 valence electrons. The van der Waals surface area contributed by atoms with Gasteiger partial charge in [0.15, 0.2) is 0 Å². The normalized spacial score (nSPS) is 16.7. The number of benzene rings is 2. The van der Waals surface area contributed by atoms with E-state index in [1.807, 2.05) is 24.3 Å². The Morgan fingerprint density at radius 3 is 2.03 bits per heavy atom. The molecule has 3 amide bonds. The predicted molar refractivity (Wildman–Crippen MR) is 118 cm³/mol. The second kappa shape index (κ2) is 8.39. The number of rotatable bonds is 5. The Balaban J connectivity index is 1.49. The molecular weight excluding hydrogens is 408 g/mol. The van der Waals surface area contributed by atoms with Gasteiger partial charge < -0.3 is 14.7 Å². The summed E-state index contributed by atoms with van der Waals surface area (Å²) in [5.74, 6) is -0.858. The Bertz CT molecular complexity index is 998. The number of β-amino-alcohol motifs (C(OH)–C–C–N with tert-alkyl or cyclic N) is 1. The summed E-state index contributed by atoms with van der Waals surface area (Å²) in [7, 11) is 0. The zero-order valence-electron chi connectivity index (χ0n) is 18.6. The monoisotopic (exact) mass is 436 g/mol. The van der Waals surface area contributed by atoms with Crippen LogP contribution >= 0.6 is 0 Å². The maximum atomic E-state index is 13.0. The zero-order valence-corrected chi connectivity index (χ0v) is 18.6. The SMILES string of the molecule is CC(C)(C)OC(=O)N(C[C@H](O)CN1C(=O)c2ccccc2C1=O)C1Cc2ccccc2C1. The molecule has 32 heavy (non-hydrogen) atoms. The predicted octanol–water partition coefficient (Wildman–Crippen LogP) is 3.05. The summed E-state index contributed by atoms with van der Waals surface area (Å²) < 4.78 is 5.60. The maximum absolute atomic E-state index is 13.0. The number of hydrogen-bond donors (Lipinski definition) is 1. The van der Waals surface area contributed by atoms with Crippen LogP contribution in [-0.4, -0.2) is 63.7 Å². The van der Waals surface area contributed by atoms with Crippen molar-refractivity contribution in [1.82, 2.24) is 9.80 Å². The second-order valence-corrected chi connectivity index (χ2v) is 9.38. The summed E-state index contributed by atoms with van der Waals surface area (Å²) in [6, 6.07) is 14.5. The highest BCUT2D eigenvalue weighted by molar-refractivity contribution is 6.21. The summed E-state index contributed by atoms with van der Waals surface area (Å²) >= 11 is 0. The van der Waals surface area contributed by atoms with E-state index in [1.165, 1.54) is 16.0 Å². The van der Waals surface area contributed by atoms with Crippen molar-refractivity contribution in [1.29, 1.82) is 0 Å². The molecule has 2 aliphatic rings. The van der Waals surface area contributed by atoms with Crippen LogP contribution in [0, 0.1) is 0 Å². The third kappa shape index (κ3) is 4.39. The first-order chi connectivity index (χ1) is 15.1. The number of hydrogen-bond acceptors (Lipinski definition) is 5. The topological polar surface area (TPSA) is 87.2 Å². The van der Waals surface area contributed by atoms with Crippen LogP contribution in [0.2, 0.25) is 0 Å². The second-order valence-electron chi connectivity index (χ2n) is 9.38. The van der Waals surface area contributed by atoms with Crippen LogP contribution < -0.4 is 0 Å². The average molecular weight is 437 g/mol. The van der Waals surface area contributed by atoms with Gasteiger partial charge >= 0.3 is 6.09 Å². The lowest BCUT2D eigenvalue weighted by Gasteiger charge is -2.33. The Labute approximate surface area is 187 Å². The van der Waals surface area contributed by atoms with Crippen LogP contribution in [0.5, 0.6) is 0 Å². The average Bonchev–Trinajstić information content (AvgIpc) is 3.26. The Hall–Kier alpha value is -3.19. The van der Waals surface area contributed by atoms with E-state index in [0.717, 1.165) is 4.90 Å². The van der Waals surface area contributed by atoms with E-state index in [0.29, 0.717) is 24.0 Å². The third-order valence-corrected chi connectivity index (χ3v) is 5.78. The fourth-order valence-electron chi connectivity index (χ4n) is 4.35. The van der Waals surface area contributed by atoms with Gasteiger partial charge in [0.25, 0.3) is 11.8 Å². The number of carbonyl (C=O) groups is 3. The van der Waals surface area contributed by atoms with E-state index in [9.17, 15) is 19.5 Å². The molecule has 1 aliphatic carbocycles. The molecule has 7 nitrogen and oxygen atoms in total. The standard InChI is InChI=1S/C25H28N2O5/c1-25(2,3)32-24(31)26(18-12-16-8-4-5-9-17(16)13-18)14-19(28)15-27-22(29)20-10-6-7-11-21(20)23(27)30/h4-11,18-19,28H,12-15H2,1-3H3/t19-/m0/s1. The molecule has 0 unspecified atom stereocenters. The summed E-state index contributed by atoms with van der Waals surface area (Å²) in [5, 5.41) is 10.8. The molecule has 2 aromatic carbocycles. The first-order valence-electron chi connectivity index (χ1n) is 10.8. The van der Waals surface area contributed by atoms with Gasteiger partial charge in [0.1, 0.15) is 5.60 Å². The number of aliphatic hydroxyl groups excluding tert-OH is 1. The largest absolute Gasteiger partial charge is 0.444 e. The molecule has 4 rings (SSSR count). The number of fused-ring (bicyclic) bond motifs is 2. The minimum Gasteiger partial charge on any atom is -0.444 e. The highest BCUT2D eigenvalue weighted by atomic mass is 16.6. The van der Waals surface area contributed by atoms with Gasteiger partial charge in [-0.1, -0.05) is 36.4 Å². The van der Waals surface area contributed by atoms with E-state index in [-0.39, 0.29) is 19.1 Å². The van der Waals surface area contributed by atoms with Crippen molar-refractivity contribution < 1.29 is 24.2 Å². The summed E-state index contributed by atoms with van der Waals surface area (Å²) in [5.41, 5.74) is 2.32. The van der Waals surface area contributed by atoms with Gasteiger partial charge in [0.05, 0.1) is 30.3 Å². The summed E-state index contributed by atoms with van der Waals surface area (Å²) in [4.78, 5) is 40.9. The number of carbonyl (C=O) groups excluding carboxylic acids is 3. The number of ether oxygens (including phenoxy) is 1. The lowest BCUT2D eigenvalue weighted by Crippen LogP contribution is -2.50. The van der Waals surface area contributed by atoms with E-state index in [2.05, 4.69) is 0 Å². The molecule has 0 saturated heterocycles. The molecule has 0 radical (unpaired) electrons. The Morgan fingerprint density at radius 1 is 1.03 bits per heavy atom. The van der Waals surface area contributed by atoms with Crippen molar-refractivity contribution in [2.75, 3.05) is 13.1 Å². The molecule has 0 spiro atoms. The van der Waals surface area contributed by atoms with Gasteiger partial charge in [-0.2, -0.15) is 0 Å². The van der Waals surface area contributed by atoms with Crippen molar-refractivity contribution >= 4 is 17.9 Å². The van der Waals surface area contributed by atoms with Gasteiger partial charge in [0.2, 0.25) is 0 Å². The summed E-state index contributed by atoms with van der Waals surface area (Å²) in [6.45, 7) is 5.15. The van der Waals surface area contributed by atoms with Crippen molar-refractivity contribution in [3.05, 3.63) is 70.8 Å². The van der Waals surface area contributed by atoms with Crippen LogP contribution in [-0.2, 0) is 17.6 Å². The Kier molecular flexibility index (Phi) is 5.77. The van der Waals surface area contributed by atoms with Crippen molar-refractivity contribution in [2.24, 2.45) is 0 Å². The Morgan fingerprint density at radius 2 is 1.53 bits per heavy atom. The molecule has 1 atom stereocenters. The van der Waals surface area contributed by atoms with Crippen molar-refractivity contribution in [3.63, 3.8) is 0 Å². The summed E-state index contributed by atoms with van der Waals surface area (Å²) in [6.07, 6.45) is -0.297. The lowest BCUT2D eigenvalue weighted by atomic mass is 10.1. The van der Waals surface area contributed by atoms with Crippen molar-refractivity contribution in [3.8, 4) is 0 Å². The fraction of sp³-hybridized carbons (Fsp3) is 0.400. The highest BCUT2D eigenvalue weighted by Gasteiger charge is 2.38. The highest BCUT2D eigenvalue weighted by Crippen LogP contribution is 2.28. The van der Waals surface area contributed by atoms with Gasteiger partial charge in [-0.15, -0.1) is 0 Å². The molecule has 7 heteroatoms. The molecule has 1 aliphatic heterocycles. The first kappa shape index (κ1) is 22.0. The third-order valence-electron chi connectivity index (χ3n) is 5.78. The molecule has 0 fully saturated rings. The van der Waals surface area contributed by atoms with Crippen LogP contribution in [0.15, 0.2) is 48.5 Å². The molecular formula is C25H28N2O5. The van der Waals surface area contributed by atoms with Crippen LogP contribution in [0.1, 0.15) is 52.6 Å². The van der Waals surface area contributed by atoms with Gasteiger partial charge in [0, 0.05) is 6.04 Å². The van der Waals surface area contributed by atoms with E-state index in [4.69, 9.17) is 4.74 Å². The lowest BCUT2D eigenvalue weighted by molar-refractivity contribution is 0.00190. The number of nitrogens with zero attached hydrogens (tertiary/aromatic N) is 2. The van der Waals surface area contributed by atoms with E-state index >= 15 is 0 Å². The minimum atomic E-state index is -1.10. The molecule has 2 aromatic rings. The quantitative estimate of drug-likeness (QED) is 0.728. The first-order valence-corrected chi connectivity index (χ1v) is 10.8. The maximum Gasteiger partial charge on any atom is 0.410 e. The van der Waals surface area contributed by atoms with Crippen LogP contribution in [0.3, 0.4) is 0 Å². The fourth-order valence-corrected chi connectivity index (χ4v) is 4.35. The number of amides is 3. The molecule has 1 N–H and O–H groups in total. The van der Waals surface area contributed by atoms with Gasteiger partial charge in [-0.25, -0.2) is 4.79 Å². The van der Waals surface area contributed by atoms with Gasteiger partial charge in [-0.3, -0.25) is 14.5 Å². The van der Waals surface area contributed by atoms with Crippen LogP contribution in [0.4, 0.5) is 4.79 Å². The van der Waals surface area contributed by atoms with E-state index < -0.39 is 29.6 Å². The minimum absolute atomic E-state index is 0.0407. The smallest absolute Gasteiger partial charge is 0.410 e. The van der Waals surface area contributed by atoms with E-state index in [1.54, 1.807) is 45.0 Å². The molecule has 0 aromatic heterocycles. The zero-order chi connectivity index (χ0) is 23.0. The molecule has 1 heterocycles. The molecule has 0 saturated carbocycles. The van der Waals surface area contributed by atoms with Crippen molar-refractivity contribution in [2.45, 2.75) is 51.4 Å². The van der Waals surface area contributed by atoms with Gasteiger partial charge in [-0.05, 0) is 56.9 Å².